The Hall–Kier alpha value is -1.46. The Morgan fingerprint density at radius 1 is 1.39 bits per heavy atom. The SMILES string of the molecule is COCC(C)(C)NCc1ccc(C(=O)OC)cn1. The van der Waals surface area contributed by atoms with Crippen LogP contribution in [0.4, 0.5) is 0 Å². The fourth-order valence-corrected chi connectivity index (χ4v) is 1.51. The van der Waals surface area contributed by atoms with E-state index in [9.17, 15) is 4.79 Å². The Labute approximate surface area is 108 Å². The van der Waals surface area contributed by atoms with Crippen LogP contribution in [0.1, 0.15) is 29.9 Å². The number of aromatic nitrogens is 1. The molecule has 0 saturated carbocycles. The molecule has 0 unspecified atom stereocenters. The third kappa shape index (κ3) is 4.43. The summed E-state index contributed by atoms with van der Waals surface area (Å²) < 4.78 is 9.73. The number of pyridine rings is 1. The second kappa shape index (κ2) is 6.47. The van der Waals surface area contributed by atoms with Gasteiger partial charge < -0.3 is 14.8 Å². The first-order valence-corrected chi connectivity index (χ1v) is 5.76. The van der Waals surface area contributed by atoms with Crippen LogP contribution in [-0.2, 0) is 16.0 Å². The average molecular weight is 252 g/mol. The molecule has 0 saturated heterocycles. The lowest BCUT2D eigenvalue weighted by molar-refractivity contribution is 0.0600. The van der Waals surface area contributed by atoms with Gasteiger partial charge in [0.05, 0.1) is 25.0 Å². The first kappa shape index (κ1) is 14.6. The number of hydrogen-bond acceptors (Lipinski definition) is 5. The standard InChI is InChI=1S/C13H20N2O3/c1-13(2,9-17-3)15-8-11-6-5-10(7-14-11)12(16)18-4/h5-7,15H,8-9H2,1-4H3. The van der Waals surface area contributed by atoms with Crippen LogP contribution in [0, 0.1) is 0 Å². The first-order valence-electron chi connectivity index (χ1n) is 5.76. The fraction of sp³-hybridized carbons (Fsp3) is 0.538. The maximum atomic E-state index is 11.2. The molecule has 1 aromatic heterocycles. The minimum atomic E-state index is -0.373. The smallest absolute Gasteiger partial charge is 0.339 e. The molecule has 0 aliphatic rings. The van der Waals surface area contributed by atoms with E-state index >= 15 is 0 Å². The molecule has 0 aromatic carbocycles. The molecule has 18 heavy (non-hydrogen) atoms. The molecule has 100 valence electrons. The monoisotopic (exact) mass is 252 g/mol. The number of rotatable bonds is 6. The number of ether oxygens (including phenoxy) is 2. The van der Waals surface area contributed by atoms with Crippen LogP contribution in [0.3, 0.4) is 0 Å². The highest BCUT2D eigenvalue weighted by molar-refractivity contribution is 5.88. The summed E-state index contributed by atoms with van der Waals surface area (Å²) in [6.07, 6.45) is 1.52. The van der Waals surface area contributed by atoms with Gasteiger partial charge in [0.1, 0.15) is 0 Å². The summed E-state index contributed by atoms with van der Waals surface area (Å²) in [5.74, 6) is -0.373. The molecule has 0 aliphatic carbocycles. The molecule has 0 fully saturated rings. The van der Waals surface area contributed by atoms with Gasteiger partial charge in [0.15, 0.2) is 0 Å². The van der Waals surface area contributed by atoms with Gasteiger partial charge in [-0.1, -0.05) is 0 Å². The van der Waals surface area contributed by atoms with Crippen molar-refractivity contribution >= 4 is 5.97 Å². The molecule has 1 aromatic rings. The molecule has 0 amide bonds. The summed E-state index contributed by atoms with van der Waals surface area (Å²) in [7, 11) is 3.03. The normalized spacial score (nSPS) is 11.3. The number of methoxy groups -OCH3 is 2. The van der Waals surface area contributed by atoms with Crippen molar-refractivity contribution in [3.63, 3.8) is 0 Å². The number of carbonyl (C=O) groups is 1. The van der Waals surface area contributed by atoms with Crippen molar-refractivity contribution in [2.45, 2.75) is 25.9 Å². The fourth-order valence-electron chi connectivity index (χ4n) is 1.51. The quantitative estimate of drug-likeness (QED) is 0.775. The predicted octanol–water partition coefficient (Wildman–Crippen LogP) is 1.38. The van der Waals surface area contributed by atoms with Crippen LogP contribution in [0.15, 0.2) is 18.3 Å². The zero-order chi connectivity index (χ0) is 13.6. The van der Waals surface area contributed by atoms with E-state index in [-0.39, 0.29) is 11.5 Å². The Bertz CT molecular complexity index is 388. The van der Waals surface area contributed by atoms with Crippen LogP contribution in [0.25, 0.3) is 0 Å². The molecule has 0 atom stereocenters. The number of nitrogens with one attached hydrogen (secondary N) is 1. The van der Waals surface area contributed by atoms with Gasteiger partial charge in [0, 0.05) is 25.4 Å². The molecule has 0 spiro atoms. The number of hydrogen-bond donors (Lipinski definition) is 1. The van der Waals surface area contributed by atoms with Crippen LogP contribution < -0.4 is 5.32 Å². The van der Waals surface area contributed by atoms with Gasteiger partial charge in [-0.2, -0.15) is 0 Å². The van der Waals surface area contributed by atoms with Gasteiger partial charge in [-0.3, -0.25) is 4.98 Å². The largest absolute Gasteiger partial charge is 0.465 e. The zero-order valence-corrected chi connectivity index (χ0v) is 11.3. The third-order valence-electron chi connectivity index (χ3n) is 2.50. The molecule has 5 nitrogen and oxygen atoms in total. The van der Waals surface area contributed by atoms with Crippen molar-refractivity contribution in [2.24, 2.45) is 0 Å². The summed E-state index contributed by atoms with van der Waals surface area (Å²) in [5.41, 5.74) is 1.21. The molecule has 0 aliphatic heterocycles. The minimum absolute atomic E-state index is 0.114. The van der Waals surface area contributed by atoms with E-state index in [2.05, 4.69) is 28.9 Å². The van der Waals surface area contributed by atoms with Crippen LogP contribution >= 0.6 is 0 Å². The Kier molecular flexibility index (Phi) is 5.25. The Balaban J connectivity index is 2.56. The summed E-state index contributed by atoms with van der Waals surface area (Å²) >= 11 is 0. The molecule has 1 rings (SSSR count). The molecule has 0 radical (unpaired) electrons. The van der Waals surface area contributed by atoms with Gasteiger partial charge in [-0.15, -0.1) is 0 Å². The lowest BCUT2D eigenvalue weighted by Gasteiger charge is -2.25. The van der Waals surface area contributed by atoms with E-state index in [1.807, 2.05) is 6.07 Å². The van der Waals surface area contributed by atoms with Crippen molar-refractivity contribution in [2.75, 3.05) is 20.8 Å². The van der Waals surface area contributed by atoms with Crippen molar-refractivity contribution in [3.8, 4) is 0 Å². The van der Waals surface area contributed by atoms with Gasteiger partial charge in [-0.25, -0.2) is 4.79 Å². The Morgan fingerprint density at radius 2 is 2.11 bits per heavy atom. The predicted molar refractivity (Wildman–Crippen MR) is 68.4 cm³/mol. The first-order chi connectivity index (χ1) is 8.48. The second-order valence-corrected chi connectivity index (χ2v) is 4.70. The summed E-state index contributed by atoms with van der Waals surface area (Å²) in [4.78, 5) is 15.4. The van der Waals surface area contributed by atoms with Crippen molar-refractivity contribution in [3.05, 3.63) is 29.6 Å². The molecule has 5 heteroatoms. The number of nitrogens with zero attached hydrogens (tertiary/aromatic N) is 1. The number of esters is 1. The van der Waals surface area contributed by atoms with Gasteiger partial charge >= 0.3 is 5.97 Å². The van der Waals surface area contributed by atoms with Gasteiger partial charge in [0.2, 0.25) is 0 Å². The maximum Gasteiger partial charge on any atom is 0.339 e. The Morgan fingerprint density at radius 3 is 2.61 bits per heavy atom. The highest BCUT2D eigenvalue weighted by Gasteiger charge is 2.16. The lowest BCUT2D eigenvalue weighted by Crippen LogP contribution is -2.42. The second-order valence-electron chi connectivity index (χ2n) is 4.70. The van der Waals surface area contributed by atoms with E-state index in [1.54, 1.807) is 13.2 Å². The summed E-state index contributed by atoms with van der Waals surface area (Å²) in [5, 5.41) is 3.34. The minimum Gasteiger partial charge on any atom is -0.465 e. The van der Waals surface area contributed by atoms with Crippen molar-refractivity contribution in [1.82, 2.24) is 10.3 Å². The van der Waals surface area contributed by atoms with Crippen molar-refractivity contribution < 1.29 is 14.3 Å². The topological polar surface area (TPSA) is 60.5 Å². The molecular weight excluding hydrogens is 232 g/mol. The van der Waals surface area contributed by atoms with E-state index < -0.39 is 0 Å². The van der Waals surface area contributed by atoms with E-state index in [0.29, 0.717) is 18.7 Å². The molecule has 1 N–H and O–H groups in total. The van der Waals surface area contributed by atoms with Crippen LogP contribution in [0.5, 0.6) is 0 Å². The third-order valence-corrected chi connectivity index (χ3v) is 2.50. The molecule has 0 bridgehead atoms. The highest BCUT2D eigenvalue weighted by atomic mass is 16.5. The number of carbonyl (C=O) groups excluding carboxylic acids is 1. The average Bonchev–Trinajstić information content (AvgIpc) is 2.36. The molecular formula is C13H20N2O3. The lowest BCUT2D eigenvalue weighted by atomic mass is 10.1. The zero-order valence-electron chi connectivity index (χ0n) is 11.3. The highest BCUT2D eigenvalue weighted by Crippen LogP contribution is 2.06. The van der Waals surface area contributed by atoms with Crippen LogP contribution in [0.2, 0.25) is 0 Å². The van der Waals surface area contributed by atoms with E-state index in [4.69, 9.17) is 4.74 Å². The van der Waals surface area contributed by atoms with E-state index in [1.165, 1.54) is 13.3 Å². The van der Waals surface area contributed by atoms with Crippen molar-refractivity contribution in [1.29, 1.82) is 0 Å². The summed E-state index contributed by atoms with van der Waals surface area (Å²) in [6.45, 7) is 5.35. The van der Waals surface area contributed by atoms with Gasteiger partial charge in [-0.05, 0) is 26.0 Å². The van der Waals surface area contributed by atoms with E-state index in [0.717, 1.165) is 5.69 Å². The van der Waals surface area contributed by atoms with Crippen LogP contribution in [-0.4, -0.2) is 37.3 Å². The summed E-state index contributed by atoms with van der Waals surface area (Å²) in [6, 6.07) is 3.52. The maximum absolute atomic E-state index is 11.2. The molecule has 1 heterocycles. The van der Waals surface area contributed by atoms with Gasteiger partial charge in [0.25, 0.3) is 0 Å².